The normalized spacial score (nSPS) is 12.7. The molecule has 1 N–H and O–H groups in total. The van der Waals surface area contributed by atoms with Gasteiger partial charge in [0, 0.05) is 17.5 Å². The summed E-state index contributed by atoms with van der Waals surface area (Å²) in [7, 11) is 0. The van der Waals surface area contributed by atoms with E-state index >= 15 is 0 Å². The highest BCUT2D eigenvalue weighted by molar-refractivity contribution is 7.13. The number of para-hydroxylation sites is 1. The van der Waals surface area contributed by atoms with Crippen LogP contribution in [0.2, 0.25) is 0 Å². The molecule has 0 bridgehead atoms. The number of anilines is 1. The predicted octanol–water partition coefficient (Wildman–Crippen LogP) is 3.05. The van der Waals surface area contributed by atoms with E-state index in [0.29, 0.717) is 13.3 Å². The number of rotatable bonds is 4. The first-order valence-electron chi connectivity index (χ1n) is 5.92. The molecular weight excluding hydrogens is 248 g/mol. The molecule has 2 heterocycles. The Morgan fingerprint density at radius 1 is 1.39 bits per heavy atom. The maximum absolute atomic E-state index is 5.47. The van der Waals surface area contributed by atoms with Gasteiger partial charge < -0.3 is 14.8 Å². The lowest BCUT2D eigenvalue weighted by Gasteiger charge is -2.06. The minimum Gasteiger partial charge on any atom is -0.454 e. The van der Waals surface area contributed by atoms with E-state index in [4.69, 9.17) is 9.47 Å². The van der Waals surface area contributed by atoms with Crippen LogP contribution in [0.25, 0.3) is 0 Å². The summed E-state index contributed by atoms with van der Waals surface area (Å²) in [4.78, 5) is 4.47. The van der Waals surface area contributed by atoms with Crippen LogP contribution in [0.5, 0.6) is 11.5 Å². The summed E-state index contributed by atoms with van der Waals surface area (Å²) >= 11 is 1.63. The Labute approximate surface area is 110 Å². The summed E-state index contributed by atoms with van der Waals surface area (Å²) in [5.74, 6) is 1.67. The molecule has 0 spiro atoms. The van der Waals surface area contributed by atoms with E-state index in [-0.39, 0.29) is 0 Å². The molecule has 94 valence electrons. The fourth-order valence-electron chi connectivity index (χ4n) is 1.85. The van der Waals surface area contributed by atoms with Gasteiger partial charge in [-0.2, -0.15) is 0 Å². The van der Waals surface area contributed by atoms with Gasteiger partial charge in [0.15, 0.2) is 16.6 Å². The van der Waals surface area contributed by atoms with E-state index in [1.54, 1.807) is 11.3 Å². The number of nitrogens with zero attached hydrogens (tertiary/aromatic N) is 1. The third-order valence-corrected chi connectivity index (χ3v) is 3.67. The highest BCUT2D eigenvalue weighted by Crippen LogP contribution is 2.35. The largest absolute Gasteiger partial charge is 0.454 e. The van der Waals surface area contributed by atoms with Crippen molar-refractivity contribution in [1.82, 2.24) is 4.98 Å². The van der Waals surface area contributed by atoms with Crippen molar-refractivity contribution in [3.8, 4) is 11.5 Å². The number of thiazole rings is 1. The van der Waals surface area contributed by atoms with Crippen molar-refractivity contribution in [2.45, 2.75) is 19.9 Å². The first kappa shape index (κ1) is 11.3. The van der Waals surface area contributed by atoms with Gasteiger partial charge in [0.25, 0.3) is 0 Å². The van der Waals surface area contributed by atoms with Crippen LogP contribution in [0.1, 0.15) is 18.2 Å². The Morgan fingerprint density at radius 3 is 3.17 bits per heavy atom. The minimum atomic E-state index is 0.309. The van der Waals surface area contributed by atoms with Crippen LogP contribution in [-0.2, 0) is 13.0 Å². The number of hydrogen-bond donors (Lipinski definition) is 1. The highest BCUT2D eigenvalue weighted by atomic mass is 32.1. The molecule has 3 rings (SSSR count). The molecule has 1 aromatic carbocycles. The zero-order valence-corrected chi connectivity index (χ0v) is 10.9. The number of hydrogen-bond acceptors (Lipinski definition) is 5. The molecule has 1 aromatic heterocycles. The van der Waals surface area contributed by atoms with Crippen molar-refractivity contribution in [2.24, 2.45) is 0 Å². The maximum Gasteiger partial charge on any atom is 0.231 e. The average Bonchev–Trinajstić information content (AvgIpc) is 3.05. The van der Waals surface area contributed by atoms with Crippen LogP contribution in [-0.4, -0.2) is 11.8 Å². The van der Waals surface area contributed by atoms with Gasteiger partial charge in [-0.1, -0.05) is 19.1 Å². The van der Waals surface area contributed by atoms with Gasteiger partial charge in [-0.05, 0) is 12.5 Å². The van der Waals surface area contributed by atoms with E-state index in [1.165, 1.54) is 0 Å². The second-order valence-electron chi connectivity index (χ2n) is 4.00. The summed E-state index contributed by atoms with van der Waals surface area (Å²) in [5, 5.41) is 6.35. The number of fused-ring (bicyclic) bond motifs is 1. The van der Waals surface area contributed by atoms with Gasteiger partial charge in [-0.25, -0.2) is 4.98 Å². The van der Waals surface area contributed by atoms with Gasteiger partial charge >= 0.3 is 0 Å². The summed E-state index contributed by atoms with van der Waals surface area (Å²) in [6, 6.07) is 5.93. The predicted molar refractivity (Wildman–Crippen MR) is 71.4 cm³/mol. The molecule has 0 unspecified atom stereocenters. The van der Waals surface area contributed by atoms with Crippen LogP contribution in [0.15, 0.2) is 23.6 Å². The van der Waals surface area contributed by atoms with Gasteiger partial charge in [0.1, 0.15) is 0 Å². The Balaban J connectivity index is 1.72. The zero-order chi connectivity index (χ0) is 12.4. The maximum atomic E-state index is 5.47. The average molecular weight is 262 g/mol. The molecule has 0 amide bonds. The van der Waals surface area contributed by atoms with Gasteiger partial charge in [-0.3, -0.25) is 0 Å². The van der Waals surface area contributed by atoms with Crippen LogP contribution in [0.3, 0.4) is 0 Å². The fraction of sp³-hybridized carbons (Fsp3) is 0.308. The third kappa shape index (κ3) is 2.13. The van der Waals surface area contributed by atoms with Crippen molar-refractivity contribution in [2.75, 3.05) is 12.1 Å². The van der Waals surface area contributed by atoms with Crippen molar-refractivity contribution < 1.29 is 9.47 Å². The molecule has 0 fully saturated rings. The smallest absolute Gasteiger partial charge is 0.231 e. The zero-order valence-electron chi connectivity index (χ0n) is 10.1. The molecule has 0 atom stereocenters. The summed E-state index contributed by atoms with van der Waals surface area (Å²) in [5.41, 5.74) is 2.22. The number of aromatic nitrogens is 1. The SMILES string of the molecule is CCc1csc(NCc2cccc3c2OCO3)n1. The second kappa shape index (κ2) is 4.86. The van der Waals surface area contributed by atoms with Crippen LogP contribution < -0.4 is 14.8 Å². The van der Waals surface area contributed by atoms with Gasteiger partial charge in [0.2, 0.25) is 6.79 Å². The van der Waals surface area contributed by atoms with E-state index in [0.717, 1.165) is 34.3 Å². The molecule has 4 nitrogen and oxygen atoms in total. The number of benzene rings is 1. The molecule has 2 aromatic rings. The topological polar surface area (TPSA) is 43.4 Å². The Hall–Kier alpha value is -1.75. The van der Waals surface area contributed by atoms with E-state index in [1.807, 2.05) is 18.2 Å². The molecule has 0 radical (unpaired) electrons. The molecule has 0 aliphatic carbocycles. The molecular formula is C13H14N2O2S. The lowest BCUT2D eigenvalue weighted by Crippen LogP contribution is -2.01. The first-order chi connectivity index (χ1) is 8.86. The van der Waals surface area contributed by atoms with Crippen molar-refractivity contribution in [3.63, 3.8) is 0 Å². The summed E-state index contributed by atoms with van der Waals surface area (Å²) < 4.78 is 10.8. The first-order valence-corrected chi connectivity index (χ1v) is 6.80. The number of aryl methyl sites for hydroxylation is 1. The third-order valence-electron chi connectivity index (χ3n) is 2.82. The van der Waals surface area contributed by atoms with Crippen LogP contribution in [0.4, 0.5) is 5.13 Å². The lowest BCUT2D eigenvalue weighted by molar-refractivity contribution is 0.173. The number of ether oxygens (including phenoxy) is 2. The van der Waals surface area contributed by atoms with E-state index in [2.05, 4.69) is 22.6 Å². The molecule has 0 saturated heterocycles. The van der Waals surface area contributed by atoms with Crippen molar-refractivity contribution in [3.05, 3.63) is 34.8 Å². The molecule has 18 heavy (non-hydrogen) atoms. The Bertz CT molecular complexity index is 554. The highest BCUT2D eigenvalue weighted by Gasteiger charge is 2.16. The molecule has 1 aliphatic rings. The van der Waals surface area contributed by atoms with Crippen molar-refractivity contribution in [1.29, 1.82) is 0 Å². The lowest BCUT2D eigenvalue weighted by atomic mass is 10.2. The Morgan fingerprint density at radius 2 is 2.33 bits per heavy atom. The molecule has 0 saturated carbocycles. The van der Waals surface area contributed by atoms with E-state index in [9.17, 15) is 0 Å². The molecule has 5 heteroatoms. The summed E-state index contributed by atoms with van der Waals surface area (Å²) in [6.45, 7) is 3.11. The Kier molecular flexibility index (Phi) is 3.06. The molecule has 1 aliphatic heterocycles. The fourth-order valence-corrected chi connectivity index (χ4v) is 2.64. The van der Waals surface area contributed by atoms with Gasteiger partial charge in [-0.15, -0.1) is 11.3 Å². The van der Waals surface area contributed by atoms with Crippen molar-refractivity contribution >= 4 is 16.5 Å². The van der Waals surface area contributed by atoms with Crippen LogP contribution >= 0.6 is 11.3 Å². The monoisotopic (exact) mass is 262 g/mol. The number of nitrogens with one attached hydrogen (secondary N) is 1. The standard InChI is InChI=1S/C13H14N2O2S/c1-2-10-7-18-13(15-10)14-6-9-4-3-5-11-12(9)17-8-16-11/h3-5,7H,2,6,8H2,1H3,(H,14,15). The minimum absolute atomic E-state index is 0.309. The second-order valence-corrected chi connectivity index (χ2v) is 4.86. The quantitative estimate of drug-likeness (QED) is 0.919. The van der Waals surface area contributed by atoms with Crippen LogP contribution in [0, 0.1) is 0 Å². The summed E-state index contributed by atoms with van der Waals surface area (Å²) in [6.07, 6.45) is 0.968. The van der Waals surface area contributed by atoms with E-state index < -0.39 is 0 Å². The van der Waals surface area contributed by atoms with Gasteiger partial charge in [0.05, 0.1) is 5.69 Å².